The highest BCUT2D eigenvalue weighted by atomic mass is 32.2. The molecule has 1 N–H and O–H groups in total. The monoisotopic (exact) mass is 463 g/mol. The molecule has 4 rings (SSSR count). The first-order valence-corrected chi connectivity index (χ1v) is 11.6. The van der Waals surface area contributed by atoms with Crippen LogP contribution in [0.3, 0.4) is 0 Å². The van der Waals surface area contributed by atoms with Crippen LogP contribution >= 0.6 is 23.1 Å². The summed E-state index contributed by atoms with van der Waals surface area (Å²) in [4.78, 5) is 31.3. The molecule has 2 amide bonds. The number of rotatable bonds is 7. The number of thioether (sulfide) groups is 1. The number of nitrogens with one attached hydrogen (secondary N) is 1. The summed E-state index contributed by atoms with van der Waals surface area (Å²) in [6, 6.07) is 22.1. The minimum atomic E-state index is -0.194. The number of methoxy groups -OCH3 is 1. The van der Waals surface area contributed by atoms with Gasteiger partial charge in [0.2, 0.25) is 5.91 Å². The SMILES string of the molecule is COc1ccc(C(=O)Nc2ccc3nc(SCC(=O)N(C)c4ccccc4)sc3c2)cc1. The third kappa shape index (κ3) is 5.09. The molecule has 8 heteroatoms. The van der Waals surface area contributed by atoms with Crippen molar-refractivity contribution in [3.05, 3.63) is 78.4 Å². The van der Waals surface area contributed by atoms with E-state index >= 15 is 0 Å². The number of fused-ring (bicyclic) bond motifs is 1. The number of hydrogen-bond acceptors (Lipinski definition) is 6. The summed E-state index contributed by atoms with van der Waals surface area (Å²) in [6.45, 7) is 0. The molecule has 32 heavy (non-hydrogen) atoms. The van der Waals surface area contributed by atoms with Gasteiger partial charge in [0.05, 0.1) is 23.1 Å². The molecule has 0 aliphatic rings. The first kappa shape index (κ1) is 21.9. The molecule has 0 bridgehead atoms. The Labute approximate surface area is 194 Å². The molecule has 0 spiro atoms. The van der Waals surface area contributed by atoms with Gasteiger partial charge < -0.3 is 15.0 Å². The second-order valence-electron chi connectivity index (χ2n) is 6.92. The van der Waals surface area contributed by atoms with Gasteiger partial charge in [-0.25, -0.2) is 4.98 Å². The maximum atomic E-state index is 12.5. The number of carbonyl (C=O) groups excluding carboxylic acids is 2. The number of benzene rings is 3. The van der Waals surface area contributed by atoms with Crippen molar-refractivity contribution in [2.24, 2.45) is 0 Å². The summed E-state index contributed by atoms with van der Waals surface area (Å²) in [5.41, 5.74) is 2.94. The van der Waals surface area contributed by atoms with Crippen molar-refractivity contribution >= 4 is 56.5 Å². The van der Waals surface area contributed by atoms with Crippen LogP contribution in [0.2, 0.25) is 0 Å². The summed E-state index contributed by atoms with van der Waals surface area (Å²) in [6.07, 6.45) is 0. The molecule has 0 aliphatic heterocycles. The van der Waals surface area contributed by atoms with E-state index in [1.807, 2.05) is 48.5 Å². The van der Waals surface area contributed by atoms with Crippen LogP contribution in [0.1, 0.15) is 10.4 Å². The second kappa shape index (κ2) is 9.84. The van der Waals surface area contributed by atoms with E-state index < -0.39 is 0 Å². The molecule has 1 aromatic heterocycles. The largest absolute Gasteiger partial charge is 0.497 e. The number of amides is 2. The Morgan fingerprint density at radius 1 is 1.06 bits per heavy atom. The number of ether oxygens (including phenoxy) is 1. The Morgan fingerprint density at radius 2 is 1.81 bits per heavy atom. The van der Waals surface area contributed by atoms with E-state index in [1.54, 1.807) is 43.3 Å². The van der Waals surface area contributed by atoms with Crippen molar-refractivity contribution in [1.29, 1.82) is 0 Å². The number of thiazole rings is 1. The molecule has 162 valence electrons. The van der Waals surface area contributed by atoms with Crippen molar-refractivity contribution in [3.8, 4) is 5.75 Å². The Bertz CT molecular complexity index is 1240. The van der Waals surface area contributed by atoms with E-state index in [0.29, 0.717) is 22.8 Å². The van der Waals surface area contributed by atoms with E-state index in [4.69, 9.17) is 4.74 Å². The van der Waals surface area contributed by atoms with E-state index in [2.05, 4.69) is 10.3 Å². The molecule has 0 radical (unpaired) electrons. The summed E-state index contributed by atoms with van der Waals surface area (Å²) < 4.78 is 6.89. The highest BCUT2D eigenvalue weighted by molar-refractivity contribution is 8.01. The van der Waals surface area contributed by atoms with Gasteiger partial charge in [0, 0.05) is 24.0 Å². The van der Waals surface area contributed by atoms with E-state index in [0.717, 1.165) is 20.2 Å². The maximum Gasteiger partial charge on any atom is 0.255 e. The summed E-state index contributed by atoms with van der Waals surface area (Å²) in [7, 11) is 3.36. The van der Waals surface area contributed by atoms with Crippen LogP contribution < -0.4 is 15.0 Å². The van der Waals surface area contributed by atoms with Crippen molar-refractivity contribution in [1.82, 2.24) is 4.98 Å². The van der Waals surface area contributed by atoms with Gasteiger partial charge in [-0.3, -0.25) is 9.59 Å². The molecule has 0 fully saturated rings. The van der Waals surface area contributed by atoms with Gasteiger partial charge in [0.25, 0.3) is 5.91 Å². The lowest BCUT2D eigenvalue weighted by atomic mass is 10.2. The van der Waals surface area contributed by atoms with Gasteiger partial charge in [0.1, 0.15) is 5.75 Å². The quantitative estimate of drug-likeness (QED) is 0.376. The number of carbonyl (C=O) groups is 2. The Morgan fingerprint density at radius 3 is 2.53 bits per heavy atom. The van der Waals surface area contributed by atoms with Gasteiger partial charge >= 0.3 is 0 Å². The van der Waals surface area contributed by atoms with E-state index in [1.165, 1.54) is 23.1 Å². The molecule has 1 heterocycles. The highest BCUT2D eigenvalue weighted by Crippen LogP contribution is 2.31. The summed E-state index contributed by atoms with van der Waals surface area (Å²) in [5, 5.41) is 2.91. The molecular formula is C24H21N3O3S2. The van der Waals surface area contributed by atoms with Crippen molar-refractivity contribution < 1.29 is 14.3 Å². The third-order valence-corrected chi connectivity index (χ3v) is 6.96. The molecule has 0 atom stereocenters. The Balaban J connectivity index is 1.40. The van der Waals surface area contributed by atoms with Crippen LogP contribution in [0.5, 0.6) is 5.75 Å². The first-order chi connectivity index (χ1) is 15.5. The van der Waals surface area contributed by atoms with Crippen molar-refractivity contribution in [2.75, 3.05) is 30.1 Å². The van der Waals surface area contributed by atoms with Gasteiger partial charge in [0.15, 0.2) is 4.34 Å². The summed E-state index contributed by atoms with van der Waals surface area (Å²) >= 11 is 2.92. The average Bonchev–Trinajstić information content (AvgIpc) is 3.25. The van der Waals surface area contributed by atoms with Crippen LogP contribution in [0.15, 0.2) is 77.1 Å². The highest BCUT2D eigenvalue weighted by Gasteiger charge is 2.14. The Kier molecular flexibility index (Phi) is 6.72. The lowest BCUT2D eigenvalue weighted by molar-refractivity contribution is -0.115. The first-order valence-electron chi connectivity index (χ1n) is 9.84. The molecule has 0 saturated heterocycles. The van der Waals surface area contributed by atoms with Crippen LogP contribution in [0.4, 0.5) is 11.4 Å². The number of para-hydroxylation sites is 1. The zero-order valence-electron chi connectivity index (χ0n) is 17.6. The minimum Gasteiger partial charge on any atom is -0.497 e. The van der Waals surface area contributed by atoms with Crippen LogP contribution in [0, 0.1) is 0 Å². The van der Waals surface area contributed by atoms with Crippen molar-refractivity contribution in [3.63, 3.8) is 0 Å². The fourth-order valence-electron chi connectivity index (χ4n) is 3.00. The zero-order valence-corrected chi connectivity index (χ0v) is 19.2. The molecule has 6 nitrogen and oxygen atoms in total. The van der Waals surface area contributed by atoms with Gasteiger partial charge in [-0.05, 0) is 54.6 Å². The summed E-state index contributed by atoms with van der Waals surface area (Å²) in [5.74, 6) is 0.811. The average molecular weight is 464 g/mol. The predicted octanol–water partition coefficient (Wildman–Crippen LogP) is 5.31. The standard InChI is InChI=1S/C24H21N3O3S2/c1-27(18-6-4-3-5-7-18)22(28)15-31-24-26-20-13-10-17(14-21(20)32-24)25-23(29)16-8-11-19(30-2)12-9-16/h3-14H,15H2,1-2H3,(H,25,29). The zero-order chi connectivity index (χ0) is 22.5. The van der Waals surface area contributed by atoms with E-state index in [-0.39, 0.29) is 11.8 Å². The molecular weight excluding hydrogens is 442 g/mol. The minimum absolute atomic E-state index is 0.00731. The second-order valence-corrected chi connectivity index (χ2v) is 9.17. The number of anilines is 2. The van der Waals surface area contributed by atoms with Gasteiger partial charge in [-0.1, -0.05) is 30.0 Å². The lowest BCUT2D eigenvalue weighted by Gasteiger charge is -2.16. The van der Waals surface area contributed by atoms with Gasteiger partial charge in [-0.2, -0.15) is 0 Å². The molecule has 3 aromatic carbocycles. The van der Waals surface area contributed by atoms with Gasteiger partial charge in [-0.15, -0.1) is 11.3 Å². The van der Waals surface area contributed by atoms with Crippen LogP contribution in [-0.4, -0.2) is 36.7 Å². The smallest absolute Gasteiger partial charge is 0.255 e. The predicted molar refractivity (Wildman–Crippen MR) is 131 cm³/mol. The molecule has 0 unspecified atom stereocenters. The fourth-order valence-corrected chi connectivity index (χ4v) is 5.03. The molecule has 0 saturated carbocycles. The van der Waals surface area contributed by atoms with Crippen LogP contribution in [-0.2, 0) is 4.79 Å². The van der Waals surface area contributed by atoms with Crippen molar-refractivity contribution in [2.45, 2.75) is 4.34 Å². The topological polar surface area (TPSA) is 71.5 Å². The number of aromatic nitrogens is 1. The fraction of sp³-hybridized carbons (Fsp3) is 0.125. The lowest BCUT2D eigenvalue weighted by Crippen LogP contribution is -2.27. The van der Waals surface area contributed by atoms with Crippen LogP contribution in [0.25, 0.3) is 10.2 Å². The number of nitrogens with zero attached hydrogens (tertiary/aromatic N) is 2. The normalized spacial score (nSPS) is 10.7. The Hall–Kier alpha value is -3.36. The molecule has 0 aliphatic carbocycles. The molecule has 4 aromatic rings. The maximum absolute atomic E-state index is 12.5. The van der Waals surface area contributed by atoms with E-state index in [9.17, 15) is 9.59 Å². The third-order valence-electron chi connectivity index (χ3n) is 4.82. The number of hydrogen-bond donors (Lipinski definition) is 1.